The molecule has 5 rings (SSSR count). The summed E-state index contributed by atoms with van der Waals surface area (Å²) >= 11 is 0. The molecule has 0 aromatic heterocycles. The number of benzene rings is 5. The van der Waals surface area contributed by atoms with Crippen LogP contribution in [0.1, 0.15) is 0 Å². The Morgan fingerprint density at radius 2 is 1.12 bits per heavy atom. The van der Waals surface area contributed by atoms with Crippen molar-refractivity contribution in [3.63, 3.8) is 0 Å². The normalized spacial score (nSPS) is 12.0. The van der Waals surface area contributed by atoms with Crippen molar-refractivity contribution >= 4 is 43.1 Å². The van der Waals surface area contributed by atoms with Crippen LogP contribution < -0.4 is 0 Å². The lowest BCUT2D eigenvalue weighted by Gasteiger charge is -2.18. The van der Waals surface area contributed by atoms with Crippen molar-refractivity contribution in [1.82, 2.24) is 0 Å². The third-order valence-electron chi connectivity index (χ3n) is 4.92. The van der Waals surface area contributed by atoms with Gasteiger partial charge in [0.05, 0.1) is 5.39 Å². The molecule has 0 fully saturated rings. The van der Waals surface area contributed by atoms with Gasteiger partial charge in [-0.2, -0.15) is 0 Å². The van der Waals surface area contributed by atoms with Crippen molar-refractivity contribution in [2.24, 2.45) is 0 Å². The van der Waals surface area contributed by atoms with Gasteiger partial charge in [0.15, 0.2) is 23.0 Å². The fourth-order valence-electron chi connectivity index (χ4n) is 3.86. The smallest absolute Gasteiger partial charge is 0.201 e. The number of fused-ring (bicyclic) bond motifs is 2. The van der Waals surface area contributed by atoms with Gasteiger partial charge in [-0.3, -0.25) is 0 Å². The zero-order valence-corrected chi connectivity index (χ0v) is 12.8. The SMILES string of the molecule is Oc1cc2c3cccc4cccc(c5c(O)c(O)c(O)c(c1O)c25)c43. The molecule has 25 heavy (non-hydrogen) atoms. The zero-order chi connectivity index (χ0) is 17.5. The molecule has 0 spiro atoms. The van der Waals surface area contributed by atoms with Gasteiger partial charge in [-0.25, -0.2) is 0 Å². The summed E-state index contributed by atoms with van der Waals surface area (Å²) in [6.07, 6.45) is 0. The van der Waals surface area contributed by atoms with Crippen molar-refractivity contribution in [2.75, 3.05) is 0 Å². The van der Waals surface area contributed by atoms with Crippen LogP contribution in [-0.4, -0.2) is 25.5 Å². The van der Waals surface area contributed by atoms with Crippen LogP contribution in [0.4, 0.5) is 0 Å². The Morgan fingerprint density at radius 1 is 0.480 bits per heavy atom. The van der Waals surface area contributed by atoms with Crippen molar-refractivity contribution in [3.05, 3.63) is 42.5 Å². The third kappa shape index (κ3) is 1.48. The quantitative estimate of drug-likeness (QED) is 0.166. The fourth-order valence-corrected chi connectivity index (χ4v) is 3.86. The summed E-state index contributed by atoms with van der Waals surface area (Å²) in [7, 11) is 0. The number of hydrogen-bond donors (Lipinski definition) is 5. The minimum atomic E-state index is -0.731. The van der Waals surface area contributed by atoms with Crippen LogP contribution in [0.3, 0.4) is 0 Å². The molecule has 5 nitrogen and oxygen atoms in total. The van der Waals surface area contributed by atoms with Crippen LogP contribution in [0.25, 0.3) is 43.1 Å². The summed E-state index contributed by atoms with van der Waals surface area (Å²) in [6.45, 7) is 0. The first kappa shape index (κ1) is 13.8. The Morgan fingerprint density at radius 3 is 1.84 bits per heavy atom. The van der Waals surface area contributed by atoms with E-state index in [-0.39, 0.29) is 5.39 Å². The van der Waals surface area contributed by atoms with Crippen molar-refractivity contribution < 1.29 is 25.5 Å². The number of rotatable bonds is 0. The molecular weight excluding hydrogens is 320 g/mol. The lowest BCUT2D eigenvalue weighted by molar-refractivity contribution is 0.371. The molecule has 0 aliphatic heterocycles. The lowest BCUT2D eigenvalue weighted by Crippen LogP contribution is -1.89. The molecule has 0 saturated carbocycles. The van der Waals surface area contributed by atoms with Gasteiger partial charge < -0.3 is 25.5 Å². The highest BCUT2D eigenvalue weighted by Crippen LogP contribution is 2.55. The molecule has 5 N–H and O–H groups in total. The van der Waals surface area contributed by atoms with Gasteiger partial charge in [0.2, 0.25) is 5.75 Å². The number of phenolic OH excluding ortho intramolecular Hbond substituents is 5. The Labute approximate surface area is 140 Å². The largest absolute Gasteiger partial charge is 0.504 e. The molecule has 5 heteroatoms. The standard InChI is InChI=1S/C20H12O5/c21-12-7-11-9-5-1-3-8-4-2-6-10(13(8)9)15-14(11)16(17(12)22)19(24)20(25)18(15)23/h1-7,21-25H. The van der Waals surface area contributed by atoms with E-state index in [9.17, 15) is 25.5 Å². The van der Waals surface area contributed by atoms with Gasteiger partial charge in [-0.1, -0.05) is 36.4 Å². The predicted molar refractivity (Wildman–Crippen MR) is 96.0 cm³/mol. The summed E-state index contributed by atoms with van der Waals surface area (Å²) in [5.41, 5.74) is 0. The van der Waals surface area contributed by atoms with E-state index in [1.54, 1.807) is 0 Å². The molecule has 5 aromatic rings. The number of hydrogen-bond acceptors (Lipinski definition) is 5. The van der Waals surface area contributed by atoms with Gasteiger partial charge in [0, 0.05) is 10.8 Å². The van der Waals surface area contributed by atoms with E-state index in [2.05, 4.69) is 0 Å². The minimum absolute atomic E-state index is 0.0909. The number of phenols is 5. The zero-order valence-electron chi connectivity index (χ0n) is 12.8. The van der Waals surface area contributed by atoms with Crippen LogP contribution in [0.2, 0.25) is 0 Å². The van der Waals surface area contributed by atoms with Gasteiger partial charge >= 0.3 is 0 Å². The van der Waals surface area contributed by atoms with E-state index in [4.69, 9.17) is 0 Å². The maximum Gasteiger partial charge on any atom is 0.201 e. The van der Waals surface area contributed by atoms with Crippen molar-refractivity contribution in [2.45, 2.75) is 0 Å². The first-order chi connectivity index (χ1) is 12.0. The topological polar surface area (TPSA) is 101 Å². The summed E-state index contributed by atoms with van der Waals surface area (Å²) in [6, 6.07) is 12.7. The molecule has 122 valence electrons. The van der Waals surface area contributed by atoms with Crippen LogP contribution in [0.15, 0.2) is 42.5 Å². The van der Waals surface area contributed by atoms with E-state index in [0.717, 1.165) is 16.2 Å². The molecule has 0 bridgehead atoms. The first-order valence-corrected chi connectivity index (χ1v) is 7.68. The van der Waals surface area contributed by atoms with Crippen LogP contribution >= 0.6 is 0 Å². The van der Waals surface area contributed by atoms with E-state index in [0.29, 0.717) is 21.5 Å². The molecule has 0 aliphatic rings. The first-order valence-electron chi connectivity index (χ1n) is 7.68. The molecule has 0 unspecified atom stereocenters. The molecule has 0 heterocycles. The highest BCUT2D eigenvalue weighted by molar-refractivity contribution is 6.36. The maximum absolute atomic E-state index is 10.5. The molecule has 0 radical (unpaired) electrons. The van der Waals surface area contributed by atoms with Crippen LogP contribution in [0.5, 0.6) is 28.7 Å². The minimum Gasteiger partial charge on any atom is -0.504 e. The summed E-state index contributed by atoms with van der Waals surface area (Å²) in [5.74, 6) is -2.81. The summed E-state index contributed by atoms with van der Waals surface area (Å²) in [5, 5.41) is 55.8. The average molecular weight is 332 g/mol. The molecule has 0 saturated heterocycles. The Hall–Kier alpha value is -3.60. The number of aromatic hydroxyl groups is 5. The molecule has 0 aliphatic carbocycles. The second-order valence-corrected chi connectivity index (χ2v) is 6.17. The van der Waals surface area contributed by atoms with Gasteiger partial charge in [-0.15, -0.1) is 0 Å². The average Bonchev–Trinajstić information content (AvgIpc) is 2.61. The molecule has 0 atom stereocenters. The van der Waals surface area contributed by atoms with E-state index in [1.165, 1.54) is 6.07 Å². The highest BCUT2D eigenvalue weighted by atomic mass is 16.3. The highest BCUT2D eigenvalue weighted by Gasteiger charge is 2.25. The Balaban J connectivity index is 2.33. The van der Waals surface area contributed by atoms with Crippen molar-refractivity contribution in [3.8, 4) is 28.7 Å². The molecule has 5 aromatic carbocycles. The van der Waals surface area contributed by atoms with E-state index in [1.807, 2.05) is 36.4 Å². The predicted octanol–water partition coefficient (Wildman–Crippen LogP) is 4.27. The fraction of sp³-hybridized carbons (Fsp3) is 0. The van der Waals surface area contributed by atoms with E-state index < -0.39 is 28.7 Å². The second kappa shape index (κ2) is 4.27. The van der Waals surface area contributed by atoms with Crippen LogP contribution in [0, 0.1) is 0 Å². The molecular formula is C20H12O5. The molecule has 0 amide bonds. The Kier molecular flexibility index (Phi) is 2.36. The second-order valence-electron chi connectivity index (χ2n) is 6.17. The van der Waals surface area contributed by atoms with Crippen molar-refractivity contribution in [1.29, 1.82) is 0 Å². The summed E-state index contributed by atoms with van der Waals surface area (Å²) < 4.78 is 0. The maximum atomic E-state index is 10.5. The van der Waals surface area contributed by atoms with Gasteiger partial charge in [-0.05, 0) is 33.0 Å². The van der Waals surface area contributed by atoms with Crippen LogP contribution in [-0.2, 0) is 0 Å². The summed E-state index contributed by atoms with van der Waals surface area (Å²) in [4.78, 5) is 0. The van der Waals surface area contributed by atoms with E-state index >= 15 is 0 Å². The van der Waals surface area contributed by atoms with Gasteiger partial charge in [0.1, 0.15) is 0 Å². The van der Waals surface area contributed by atoms with Gasteiger partial charge in [0.25, 0.3) is 0 Å². The lowest BCUT2D eigenvalue weighted by atomic mass is 9.88. The monoisotopic (exact) mass is 332 g/mol. The Bertz CT molecular complexity index is 1330. The third-order valence-corrected chi connectivity index (χ3v) is 4.92.